The van der Waals surface area contributed by atoms with E-state index in [1.807, 2.05) is 6.92 Å². The summed E-state index contributed by atoms with van der Waals surface area (Å²) in [5, 5.41) is 0. The monoisotopic (exact) mass is 315 g/mol. The lowest BCUT2D eigenvalue weighted by Crippen LogP contribution is -2.33. The molecule has 3 saturated carbocycles. The number of rotatable bonds is 0. The van der Waals surface area contributed by atoms with Gasteiger partial charge in [-0.15, -0.1) is 23.2 Å². The number of halogens is 2. The molecule has 3 aliphatic carbocycles. The fourth-order valence-electron chi connectivity index (χ4n) is 5.38. The molecule has 2 N–H and O–H groups in total. The van der Waals surface area contributed by atoms with Gasteiger partial charge in [0.15, 0.2) is 5.78 Å². The number of ketones is 1. The van der Waals surface area contributed by atoms with Crippen molar-refractivity contribution in [2.45, 2.75) is 57.7 Å². The smallest absolute Gasteiger partial charge is 0.161 e. The van der Waals surface area contributed by atoms with Crippen molar-refractivity contribution in [1.82, 2.24) is 0 Å². The number of hydrogen-bond donors (Lipinski definition) is 1. The van der Waals surface area contributed by atoms with Crippen LogP contribution in [0, 0.1) is 22.2 Å². The molecular formula is C16H23Cl2NO. The normalized spacial score (nSPS) is 47.3. The van der Waals surface area contributed by atoms with E-state index in [1.165, 1.54) is 0 Å². The average Bonchev–Trinajstić information content (AvgIpc) is 2.59. The molecule has 3 atom stereocenters. The Hall–Kier alpha value is -0.210. The molecule has 2 nitrogen and oxygen atoms in total. The highest BCUT2D eigenvalue weighted by atomic mass is 35.5. The summed E-state index contributed by atoms with van der Waals surface area (Å²) in [7, 11) is 0. The highest BCUT2D eigenvalue weighted by molar-refractivity contribution is 6.53. The number of carbonyl (C=O) groups is 1. The summed E-state index contributed by atoms with van der Waals surface area (Å²) in [6.45, 7) is 8.45. The molecule has 3 aliphatic rings. The van der Waals surface area contributed by atoms with Gasteiger partial charge < -0.3 is 5.73 Å². The van der Waals surface area contributed by atoms with Gasteiger partial charge in [0.1, 0.15) is 4.33 Å². The van der Waals surface area contributed by atoms with Gasteiger partial charge >= 0.3 is 0 Å². The van der Waals surface area contributed by atoms with E-state index in [4.69, 9.17) is 28.9 Å². The summed E-state index contributed by atoms with van der Waals surface area (Å²) < 4.78 is -0.810. The Bertz CT molecular complexity index is 533. The van der Waals surface area contributed by atoms with Gasteiger partial charge in [-0.05, 0) is 25.2 Å². The molecule has 0 bridgehead atoms. The Morgan fingerprint density at radius 1 is 1.25 bits per heavy atom. The molecule has 0 amide bonds. The van der Waals surface area contributed by atoms with E-state index in [0.717, 1.165) is 24.8 Å². The van der Waals surface area contributed by atoms with Crippen LogP contribution in [0.15, 0.2) is 11.3 Å². The highest BCUT2D eigenvalue weighted by Crippen LogP contribution is 2.89. The van der Waals surface area contributed by atoms with Gasteiger partial charge in [0.25, 0.3) is 0 Å². The van der Waals surface area contributed by atoms with Crippen molar-refractivity contribution in [2.24, 2.45) is 27.9 Å². The molecule has 0 aromatic rings. The maximum atomic E-state index is 12.6. The Kier molecular flexibility index (Phi) is 2.76. The van der Waals surface area contributed by atoms with E-state index < -0.39 is 4.33 Å². The summed E-state index contributed by atoms with van der Waals surface area (Å²) in [6.07, 6.45) is 3.63. The van der Waals surface area contributed by atoms with Gasteiger partial charge in [0.05, 0.1) is 0 Å². The van der Waals surface area contributed by atoms with Crippen LogP contribution in [0.2, 0.25) is 0 Å². The molecule has 3 rings (SSSR count). The molecule has 4 heteroatoms. The molecule has 0 unspecified atom stereocenters. The minimum absolute atomic E-state index is 0.00537. The third kappa shape index (κ3) is 1.31. The largest absolute Gasteiger partial charge is 0.402 e. The summed E-state index contributed by atoms with van der Waals surface area (Å²) in [4.78, 5) is 12.6. The van der Waals surface area contributed by atoms with Gasteiger partial charge in [-0.3, -0.25) is 4.79 Å². The lowest BCUT2D eigenvalue weighted by Gasteiger charge is -2.37. The molecule has 0 aromatic carbocycles. The van der Waals surface area contributed by atoms with Crippen LogP contribution in [0.5, 0.6) is 0 Å². The third-order valence-electron chi connectivity index (χ3n) is 6.40. The molecule has 0 aliphatic heterocycles. The predicted octanol–water partition coefficient (Wildman–Crippen LogP) is 4.20. The van der Waals surface area contributed by atoms with E-state index >= 15 is 0 Å². The second-order valence-electron chi connectivity index (χ2n) is 7.85. The molecule has 0 heterocycles. The number of hydrogen-bond acceptors (Lipinski definition) is 2. The first kappa shape index (κ1) is 14.7. The zero-order valence-electron chi connectivity index (χ0n) is 12.6. The SMILES string of the molecule is C/C(N)=C1/C(=O)C[C@]23[C@H]1C(C)(C)CCC[C@@]2(C)C3(Cl)Cl. The van der Waals surface area contributed by atoms with Crippen LogP contribution < -0.4 is 5.73 Å². The van der Waals surface area contributed by atoms with Crippen molar-refractivity contribution in [3.63, 3.8) is 0 Å². The van der Waals surface area contributed by atoms with Crippen molar-refractivity contribution in [2.75, 3.05) is 0 Å². The van der Waals surface area contributed by atoms with Crippen LogP contribution >= 0.6 is 23.2 Å². The number of nitrogens with two attached hydrogens (primary N) is 1. The molecule has 20 heavy (non-hydrogen) atoms. The van der Waals surface area contributed by atoms with Crippen LogP contribution in [0.3, 0.4) is 0 Å². The summed E-state index contributed by atoms with van der Waals surface area (Å²) in [6, 6.07) is 0. The van der Waals surface area contributed by atoms with Crippen LogP contribution in [0.1, 0.15) is 53.4 Å². The number of allylic oxidation sites excluding steroid dienone is 2. The van der Waals surface area contributed by atoms with E-state index in [1.54, 1.807) is 0 Å². The maximum absolute atomic E-state index is 12.6. The van der Waals surface area contributed by atoms with E-state index in [-0.39, 0.29) is 27.9 Å². The zero-order chi connectivity index (χ0) is 15.1. The van der Waals surface area contributed by atoms with Crippen molar-refractivity contribution < 1.29 is 4.79 Å². The van der Waals surface area contributed by atoms with Crippen molar-refractivity contribution >= 4 is 29.0 Å². The minimum atomic E-state index is -0.810. The molecule has 0 saturated heterocycles. The first-order valence-electron chi connectivity index (χ1n) is 7.40. The molecule has 0 aromatic heterocycles. The van der Waals surface area contributed by atoms with Crippen LogP contribution in [-0.2, 0) is 4.79 Å². The molecular weight excluding hydrogens is 293 g/mol. The Morgan fingerprint density at radius 3 is 2.40 bits per heavy atom. The van der Waals surface area contributed by atoms with Crippen molar-refractivity contribution in [3.05, 3.63) is 11.3 Å². The Balaban J connectivity index is 2.26. The van der Waals surface area contributed by atoms with Crippen LogP contribution in [0.25, 0.3) is 0 Å². The lowest BCUT2D eigenvalue weighted by atomic mass is 9.67. The average molecular weight is 316 g/mol. The second-order valence-corrected chi connectivity index (χ2v) is 9.18. The van der Waals surface area contributed by atoms with Crippen LogP contribution in [0.4, 0.5) is 0 Å². The Morgan fingerprint density at radius 2 is 1.85 bits per heavy atom. The second kappa shape index (κ2) is 3.76. The molecule has 112 valence electrons. The molecule has 0 radical (unpaired) electrons. The predicted molar refractivity (Wildman–Crippen MR) is 82.6 cm³/mol. The van der Waals surface area contributed by atoms with Gasteiger partial charge in [-0.2, -0.15) is 0 Å². The minimum Gasteiger partial charge on any atom is -0.402 e. The van der Waals surface area contributed by atoms with Gasteiger partial charge in [-0.25, -0.2) is 0 Å². The van der Waals surface area contributed by atoms with Crippen molar-refractivity contribution in [3.8, 4) is 0 Å². The van der Waals surface area contributed by atoms with E-state index in [0.29, 0.717) is 12.1 Å². The molecule has 1 spiro atoms. The zero-order valence-corrected chi connectivity index (χ0v) is 14.2. The number of alkyl halides is 2. The van der Waals surface area contributed by atoms with Gasteiger partial charge in [0.2, 0.25) is 0 Å². The lowest BCUT2D eigenvalue weighted by molar-refractivity contribution is -0.115. The topological polar surface area (TPSA) is 43.1 Å². The van der Waals surface area contributed by atoms with Crippen LogP contribution in [-0.4, -0.2) is 10.1 Å². The summed E-state index contributed by atoms with van der Waals surface area (Å²) in [5.74, 6) is 0.231. The van der Waals surface area contributed by atoms with Gasteiger partial charge in [-0.1, -0.05) is 27.2 Å². The van der Waals surface area contributed by atoms with Gasteiger partial charge in [0, 0.05) is 34.4 Å². The fraction of sp³-hybridized carbons (Fsp3) is 0.812. The van der Waals surface area contributed by atoms with Crippen molar-refractivity contribution in [1.29, 1.82) is 0 Å². The van der Waals surface area contributed by atoms with E-state index in [9.17, 15) is 4.79 Å². The summed E-state index contributed by atoms with van der Waals surface area (Å²) >= 11 is 13.5. The molecule has 3 fully saturated rings. The maximum Gasteiger partial charge on any atom is 0.161 e. The quantitative estimate of drug-likeness (QED) is 0.538. The highest BCUT2D eigenvalue weighted by Gasteiger charge is 2.89. The summed E-state index contributed by atoms with van der Waals surface area (Å²) in [5.41, 5.74) is 7.00. The standard InChI is InChI=1S/C16H23Cl2NO/c1-9(19)11-10(20)8-15-12(11)13(2,3)6-5-7-14(15,4)16(15,17)18/h12H,5-8,19H2,1-4H3/b11-9+/t12-,14-,15+/m1/s1. The Labute approximate surface area is 131 Å². The number of carbonyl (C=O) groups excluding carboxylic acids is 1. The third-order valence-corrected chi connectivity index (χ3v) is 7.91. The number of Topliss-reactive ketones (excluding diaryl/α,β-unsaturated/α-hetero) is 1. The first-order valence-corrected chi connectivity index (χ1v) is 8.16. The van der Waals surface area contributed by atoms with E-state index in [2.05, 4.69) is 20.8 Å². The fourth-order valence-corrected chi connectivity index (χ4v) is 6.58. The first-order chi connectivity index (χ1) is 9.03.